The van der Waals surface area contributed by atoms with Gasteiger partial charge in [-0.1, -0.05) is 37.3 Å². The third-order valence-corrected chi connectivity index (χ3v) is 11.3. The predicted octanol–water partition coefficient (Wildman–Crippen LogP) is 3.08. The molecule has 8 nitrogen and oxygen atoms in total. The number of carbonyl (C=O) groups excluding carboxylic acids is 2. The topological polar surface area (TPSA) is 111 Å². The number of thiazole rings is 1. The summed E-state index contributed by atoms with van der Waals surface area (Å²) >= 11 is 2.88. The van der Waals surface area contributed by atoms with Gasteiger partial charge < -0.3 is 15.0 Å². The van der Waals surface area contributed by atoms with Gasteiger partial charge in [0.15, 0.2) is 0 Å². The van der Waals surface area contributed by atoms with Crippen LogP contribution in [0.2, 0.25) is 0 Å². The number of carboxylic acids is 1. The first-order chi connectivity index (χ1) is 17.1. The standard InChI is InChI=1S/C26H29N3O5S2/c1-10(2)19(25(32)33)29-23(30)17-13-9-14(18(17)24(29)31)20-16(13)15(21-22(35-20)27-26(34)36-21)11-5-7-12(8-6-11)28(3)4/h5-8,10,13-20H,9H2,1-4H3,(H,27,34)(H,32,33)/t13-,14+,15+,16+,17-,18+,19+,20-/m1/s1. The van der Waals surface area contributed by atoms with Crippen molar-refractivity contribution in [2.45, 2.75) is 42.5 Å². The van der Waals surface area contributed by atoms with Crippen molar-refractivity contribution >= 4 is 46.6 Å². The van der Waals surface area contributed by atoms with Gasteiger partial charge in [-0.2, -0.15) is 0 Å². The summed E-state index contributed by atoms with van der Waals surface area (Å²) in [7, 11) is 3.98. The highest BCUT2D eigenvalue weighted by molar-refractivity contribution is 8.00. The maximum Gasteiger partial charge on any atom is 0.327 e. The van der Waals surface area contributed by atoms with Gasteiger partial charge in [-0.05, 0) is 47.8 Å². The quantitative estimate of drug-likeness (QED) is 0.575. The van der Waals surface area contributed by atoms with Gasteiger partial charge in [0.25, 0.3) is 0 Å². The molecule has 1 saturated heterocycles. The van der Waals surface area contributed by atoms with Crippen molar-refractivity contribution in [3.05, 3.63) is 44.4 Å². The third kappa shape index (κ3) is 3.19. The molecule has 190 valence electrons. The SMILES string of the molecule is CC(C)[C@@H](C(=O)O)N1C(=O)[C@@H]2[C@@H]3C[C@H]([C@H]4Sc5[nH]c(=O)sc5[C@@H](c5ccc(N(C)C)cc5)[C@H]34)[C@@H]2C1=O. The first-order valence-corrected chi connectivity index (χ1v) is 14.1. The fourth-order valence-corrected chi connectivity index (χ4v) is 10.2. The van der Waals surface area contributed by atoms with Gasteiger partial charge in [0.1, 0.15) is 6.04 Å². The van der Waals surface area contributed by atoms with Crippen LogP contribution in [0.5, 0.6) is 0 Å². The number of carboxylic acid groups (broad SMARTS) is 1. The molecule has 2 bridgehead atoms. The molecule has 3 heterocycles. The summed E-state index contributed by atoms with van der Waals surface area (Å²) in [6.07, 6.45) is 0.786. The van der Waals surface area contributed by atoms with Gasteiger partial charge in [-0.25, -0.2) is 4.79 Å². The minimum absolute atomic E-state index is 0.0156. The molecule has 6 rings (SSSR count). The molecule has 4 aliphatic rings. The van der Waals surface area contributed by atoms with E-state index in [1.807, 2.05) is 19.0 Å². The summed E-state index contributed by atoms with van der Waals surface area (Å²) < 4.78 is 0. The van der Waals surface area contributed by atoms with Crippen molar-refractivity contribution in [3.8, 4) is 0 Å². The molecule has 2 N–H and O–H groups in total. The van der Waals surface area contributed by atoms with E-state index in [1.54, 1.807) is 25.6 Å². The number of thioether (sulfide) groups is 1. The second kappa shape index (κ2) is 8.21. The lowest BCUT2D eigenvalue weighted by Gasteiger charge is -2.43. The number of hydrogen-bond donors (Lipinski definition) is 2. The second-order valence-corrected chi connectivity index (χ2v) is 13.2. The van der Waals surface area contributed by atoms with Crippen molar-refractivity contribution in [2.24, 2.45) is 35.5 Å². The highest BCUT2D eigenvalue weighted by Crippen LogP contribution is 2.68. The largest absolute Gasteiger partial charge is 0.480 e. The van der Waals surface area contributed by atoms with Gasteiger partial charge in [0.05, 0.1) is 16.9 Å². The molecule has 2 aliphatic carbocycles. The van der Waals surface area contributed by atoms with Gasteiger partial charge in [-0.15, -0.1) is 11.8 Å². The number of rotatable bonds is 5. The van der Waals surface area contributed by atoms with Crippen LogP contribution in [0.25, 0.3) is 0 Å². The Bertz CT molecular complexity index is 1320. The average Bonchev–Trinajstić information content (AvgIpc) is 3.54. The summed E-state index contributed by atoms with van der Waals surface area (Å²) in [5.41, 5.74) is 2.19. The van der Waals surface area contributed by atoms with E-state index < -0.39 is 23.8 Å². The van der Waals surface area contributed by atoms with Crippen molar-refractivity contribution in [1.29, 1.82) is 0 Å². The number of aromatic amines is 1. The van der Waals surface area contributed by atoms with E-state index in [4.69, 9.17) is 0 Å². The molecule has 0 spiro atoms. The first kappa shape index (κ1) is 23.8. The number of carbonyl (C=O) groups is 3. The van der Waals surface area contributed by atoms with E-state index in [0.717, 1.165) is 32.5 Å². The number of anilines is 1. The molecule has 8 atom stereocenters. The molecule has 0 unspecified atom stereocenters. The molecule has 2 amide bonds. The molecule has 2 aliphatic heterocycles. The van der Waals surface area contributed by atoms with Gasteiger partial charge in [0.2, 0.25) is 11.8 Å². The second-order valence-electron chi connectivity index (χ2n) is 11.0. The van der Waals surface area contributed by atoms with E-state index in [2.05, 4.69) is 29.2 Å². The lowest BCUT2D eigenvalue weighted by molar-refractivity contribution is -0.157. The Balaban J connectivity index is 1.42. The molecule has 10 heteroatoms. The highest BCUT2D eigenvalue weighted by atomic mass is 32.2. The number of benzene rings is 1. The Morgan fingerprint density at radius 2 is 1.72 bits per heavy atom. The van der Waals surface area contributed by atoms with Crippen LogP contribution in [0.4, 0.5) is 5.69 Å². The molecule has 0 radical (unpaired) electrons. The van der Waals surface area contributed by atoms with Crippen LogP contribution in [0.1, 0.15) is 36.6 Å². The fourth-order valence-electron chi connectivity index (χ4n) is 7.36. The normalized spacial score (nSPS) is 33.0. The molecular formula is C26H29N3O5S2. The highest BCUT2D eigenvalue weighted by Gasteiger charge is 2.70. The van der Waals surface area contributed by atoms with Crippen LogP contribution >= 0.6 is 23.1 Å². The molecule has 36 heavy (non-hydrogen) atoms. The number of nitrogens with one attached hydrogen (secondary N) is 1. The summed E-state index contributed by atoms with van der Waals surface area (Å²) in [5, 5.41) is 10.8. The smallest absolute Gasteiger partial charge is 0.327 e. The number of aromatic nitrogens is 1. The van der Waals surface area contributed by atoms with E-state index in [9.17, 15) is 24.3 Å². The molecule has 1 aromatic carbocycles. The maximum absolute atomic E-state index is 13.7. The summed E-state index contributed by atoms with van der Waals surface area (Å²) in [6, 6.07) is 7.22. The van der Waals surface area contributed by atoms with E-state index in [0.29, 0.717) is 0 Å². The van der Waals surface area contributed by atoms with Crippen molar-refractivity contribution in [1.82, 2.24) is 9.88 Å². The minimum Gasteiger partial charge on any atom is -0.480 e. The van der Waals surface area contributed by atoms with Crippen molar-refractivity contribution < 1.29 is 19.5 Å². The van der Waals surface area contributed by atoms with Crippen LogP contribution in [0, 0.1) is 35.5 Å². The number of aliphatic carboxylic acids is 1. The minimum atomic E-state index is -1.14. The number of imide groups is 1. The molecule has 1 aromatic heterocycles. The molecular weight excluding hydrogens is 498 g/mol. The zero-order chi connectivity index (χ0) is 25.6. The number of nitrogens with zero attached hydrogens (tertiary/aromatic N) is 2. The van der Waals surface area contributed by atoms with Gasteiger partial charge in [-0.3, -0.25) is 19.3 Å². The first-order valence-electron chi connectivity index (χ1n) is 12.4. The molecule has 2 saturated carbocycles. The number of fused-ring (bicyclic) bond motifs is 9. The lowest BCUT2D eigenvalue weighted by atomic mass is 9.68. The van der Waals surface area contributed by atoms with Crippen LogP contribution in [-0.4, -0.2) is 58.2 Å². The van der Waals surface area contributed by atoms with Crippen LogP contribution in [-0.2, 0) is 14.4 Å². The zero-order valence-corrected chi connectivity index (χ0v) is 22.1. The Morgan fingerprint density at radius 1 is 1.08 bits per heavy atom. The lowest BCUT2D eigenvalue weighted by Crippen LogP contribution is -2.49. The van der Waals surface area contributed by atoms with Gasteiger partial charge >= 0.3 is 10.8 Å². The van der Waals surface area contributed by atoms with Crippen molar-refractivity contribution in [2.75, 3.05) is 19.0 Å². The van der Waals surface area contributed by atoms with Gasteiger partial charge in [0, 0.05) is 35.8 Å². The van der Waals surface area contributed by atoms with E-state index in [1.165, 1.54) is 11.3 Å². The molecule has 3 fully saturated rings. The monoisotopic (exact) mass is 527 g/mol. The molecule has 2 aromatic rings. The Hall–Kier alpha value is -2.59. The summed E-state index contributed by atoms with van der Waals surface area (Å²) in [6.45, 7) is 3.47. The summed E-state index contributed by atoms with van der Waals surface area (Å²) in [4.78, 5) is 58.8. The van der Waals surface area contributed by atoms with Crippen LogP contribution in [0.15, 0.2) is 34.1 Å². The van der Waals surface area contributed by atoms with Crippen molar-refractivity contribution in [3.63, 3.8) is 0 Å². The maximum atomic E-state index is 13.7. The van der Waals surface area contributed by atoms with E-state index >= 15 is 0 Å². The fraction of sp³-hybridized carbons (Fsp3) is 0.538. The number of hydrogen-bond acceptors (Lipinski definition) is 7. The van der Waals surface area contributed by atoms with Crippen LogP contribution in [0.3, 0.4) is 0 Å². The Morgan fingerprint density at radius 3 is 2.31 bits per heavy atom. The summed E-state index contributed by atoms with van der Waals surface area (Å²) in [5.74, 6) is -3.09. The Kier molecular flexibility index (Phi) is 5.42. The number of likely N-dealkylation sites (tertiary alicyclic amines) is 1. The third-order valence-electron chi connectivity index (χ3n) is 8.69. The number of amides is 2. The van der Waals surface area contributed by atoms with E-state index in [-0.39, 0.29) is 51.5 Å². The predicted molar refractivity (Wildman–Crippen MR) is 137 cm³/mol. The van der Waals surface area contributed by atoms with Crippen LogP contribution < -0.4 is 9.77 Å². The zero-order valence-electron chi connectivity index (χ0n) is 20.5. The number of H-pyrrole nitrogens is 1. The average molecular weight is 528 g/mol. The Labute approximate surface area is 217 Å².